The summed E-state index contributed by atoms with van der Waals surface area (Å²) < 4.78 is 0.985. The molecule has 0 unspecified atom stereocenters. The lowest BCUT2D eigenvalue weighted by molar-refractivity contribution is 1.02. The molecule has 5 nitrogen and oxygen atoms in total. The van der Waals surface area contributed by atoms with Crippen LogP contribution in [0.1, 0.15) is 11.3 Å². The highest BCUT2D eigenvalue weighted by Gasteiger charge is 2.00. The minimum atomic E-state index is -0.536. The summed E-state index contributed by atoms with van der Waals surface area (Å²) in [6, 6.07) is 11.1. The predicted molar refractivity (Wildman–Crippen MR) is 71.0 cm³/mol. The molecule has 0 aliphatic heterocycles. The molecule has 2 aromatic rings. The van der Waals surface area contributed by atoms with Crippen molar-refractivity contribution in [2.24, 2.45) is 0 Å². The first-order valence-corrected chi connectivity index (χ1v) is 5.96. The van der Waals surface area contributed by atoms with Crippen molar-refractivity contribution in [3.05, 3.63) is 56.5 Å². The summed E-state index contributed by atoms with van der Waals surface area (Å²) in [7, 11) is 0. The Morgan fingerprint density at radius 2 is 2.28 bits per heavy atom. The van der Waals surface area contributed by atoms with E-state index in [0.717, 1.165) is 10.0 Å². The Labute approximate surface area is 112 Å². The lowest BCUT2D eigenvalue weighted by Gasteiger charge is -2.05. The summed E-state index contributed by atoms with van der Waals surface area (Å²) in [6.07, 6.45) is 0. The van der Waals surface area contributed by atoms with Crippen molar-refractivity contribution in [1.29, 1.82) is 5.26 Å². The molecule has 2 rings (SSSR count). The number of rotatable bonds is 3. The fraction of sp³-hybridized carbons (Fsp3) is 0.0833. The Morgan fingerprint density at radius 1 is 1.44 bits per heavy atom. The van der Waals surface area contributed by atoms with E-state index in [0.29, 0.717) is 12.4 Å². The Hall–Kier alpha value is -2.13. The summed E-state index contributed by atoms with van der Waals surface area (Å²) in [6.45, 7) is 0.529. The van der Waals surface area contributed by atoms with E-state index in [4.69, 9.17) is 5.26 Å². The SMILES string of the molecule is N#Cc1cc(NCc2cccc(Br)c2)nc(=O)[nH]1. The molecule has 6 heteroatoms. The number of aromatic nitrogens is 2. The summed E-state index contributed by atoms with van der Waals surface area (Å²) in [5.41, 5.74) is 0.697. The third-order valence-electron chi connectivity index (χ3n) is 2.23. The smallest absolute Gasteiger partial charge is 0.347 e. The van der Waals surface area contributed by atoms with Gasteiger partial charge < -0.3 is 5.32 Å². The van der Waals surface area contributed by atoms with E-state index in [1.807, 2.05) is 30.3 Å². The number of aromatic amines is 1. The van der Waals surface area contributed by atoms with Gasteiger partial charge >= 0.3 is 5.69 Å². The van der Waals surface area contributed by atoms with E-state index in [1.165, 1.54) is 6.07 Å². The van der Waals surface area contributed by atoms with Crippen LogP contribution < -0.4 is 11.0 Å². The number of H-pyrrole nitrogens is 1. The monoisotopic (exact) mass is 304 g/mol. The summed E-state index contributed by atoms with van der Waals surface area (Å²) in [4.78, 5) is 17.2. The van der Waals surface area contributed by atoms with Crippen LogP contribution in [0.3, 0.4) is 0 Å². The molecule has 0 aliphatic rings. The topological polar surface area (TPSA) is 81.6 Å². The fourth-order valence-corrected chi connectivity index (χ4v) is 1.89. The van der Waals surface area contributed by atoms with E-state index in [-0.39, 0.29) is 5.69 Å². The minimum absolute atomic E-state index is 0.187. The van der Waals surface area contributed by atoms with Crippen LogP contribution in [0, 0.1) is 11.3 Å². The highest BCUT2D eigenvalue weighted by molar-refractivity contribution is 9.10. The molecular formula is C12H9BrN4O. The largest absolute Gasteiger partial charge is 0.366 e. The number of nitriles is 1. The van der Waals surface area contributed by atoms with Crippen LogP contribution in [0.5, 0.6) is 0 Å². The van der Waals surface area contributed by atoms with E-state index in [1.54, 1.807) is 0 Å². The van der Waals surface area contributed by atoms with Crippen molar-refractivity contribution in [2.75, 3.05) is 5.32 Å². The third-order valence-corrected chi connectivity index (χ3v) is 2.72. The molecule has 90 valence electrons. The molecule has 0 atom stereocenters. The van der Waals surface area contributed by atoms with E-state index >= 15 is 0 Å². The van der Waals surface area contributed by atoms with E-state index in [2.05, 4.69) is 31.2 Å². The Morgan fingerprint density at radius 3 is 3.00 bits per heavy atom. The van der Waals surface area contributed by atoms with Gasteiger partial charge in [0, 0.05) is 17.1 Å². The second kappa shape index (κ2) is 5.47. The van der Waals surface area contributed by atoms with Crippen molar-refractivity contribution in [2.45, 2.75) is 6.54 Å². The molecule has 0 saturated heterocycles. The van der Waals surface area contributed by atoms with Crippen LogP contribution in [0.4, 0.5) is 5.82 Å². The molecule has 0 radical (unpaired) electrons. The van der Waals surface area contributed by atoms with Crippen LogP contribution in [0.15, 0.2) is 39.6 Å². The molecule has 18 heavy (non-hydrogen) atoms. The van der Waals surface area contributed by atoms with Gasteiger partial charge in [0.2, 0.25) is 0 Å². The number of hydrogen-bond donors (Lipinski definition) is 2. The standard InChI is InChI=1S/C12H9BrN4O/c13-9-3-1-2-8(4-9)7-15-11-5-10(6-14)16-12(18)17-11/h1-5H,7H2,(H2,15,16,17,18). The summed E-state index contributed by atoms with van der Waals surface area (Å²) >= 11 is 3.38. The van der Waals surface area contributed by atoms with Gasteiger partial charge in [-0.2, -0.15) is 10.2 Å². The minimum Gasteiger partial charge on any atom is -0.366 e. The normalized spacial score (nSPS) is 9.78. The van der Waals surface area contributed by atoms with Crippen LogP contribution in [0.25, 0.3) is 0 Å². The van der Waals surface area contributed by atoms with Gasteiger partial charge in [-0.05, 0) is 17.7 Å². The van der Waals surface area contributed by atoms with Crippen molar-refractivity contribution >= 4 is 21.7 Å². The molecule has 1 heterocycles. The molecule has 1 aromatic carbocycles. The summed E-state index contributed by atoms with van der Waals surface area (Å²) in [5, 5.41) is 11.7. The van der Waals surface area contributed by atoms with Crippen molar-refractivity contribution in [3.63, 3.8) is 0 Å². The molecule has 0 spiro atoms. The predicted octanol–water partition coefficient (Wildman–Crippen LogP) is 2.02. The second-order valence-corrected chi connectivity index (χ2v) is 4.50. The molecule has 1 aromatic heterocycles. The van der Waals surface area contributed by atoms with Gasteiger partial charge in [-0.15, -0.1) is 0 Å². The number of halogens is 1. The zero-order valence-corrected chi connectivity index (χ0v) is 10.9. The van der Waals surface area contributed by atoms with Crippen LogP contribution in [-0.2, 0) is 6.54 Å². The average molecular weight is 305 g/mol. The lowest BCUT2D eigenvalue weighted by Crippen LogP contribution is -2.14. The van der Waals surface area contributed by atoms with Crippen molar-refractivity contribution in [3.8, 4) is 6.07 Å². The van der Waals surface area contributed by atoms with Gasteiger partial charge in [-0.25, -0.2) is 4.79 Å². The molecular weight excluding hydrogens is 296 g/mol. The molecule has 0 amide bonds. The lowest BCUT2D eigenvalue weighted by atomic mass is 10.2. The third kappa shape index (κ3) is 3.18. The van der Waals surface area contributed by atoms with E-state index < -0.39 is 5.69 Å². The Bertz CT molecular complexity index is 660. The van der Waals surface area contributed by atoms with Crippen LogP contribution >= 0.6 is 15.9 Å². The quantitative estimate of drug-likeness (QED) is 0.909. The molecule has 2 N–H and O–H groups in total. The molecule has 0 saturated carbocycles. The van der Waals surface area contributed by atoms with Gasteiger partial charge in [0.25, 0.3) is 0 Å². The zero-order chi connectivity index (χ0) is 13.0. The maximum absolute atomic E-state index is 11.2. The van der Waals surface area contributed by atoms with Gasteiger partial charge in [-0.1, -0.05) is 28.1 Å². The number of benzene rings is 1. The average Bonchev–Trinajstić information content (AvgIpc) is 2.36. The zero-order valence-electron chi connectivity index (χ0n) is 9.27. The Kier molecular flexibility index (Phi) is 3.75. The molecule has 0 fully saturated rings. The Balaban J connectivity index is 2.13. The number of nitrogens with zero attached hydrogens (tertiary/aromatic N) is 2. The number of nitrogens with one attached hydrogen (secondary N) is 2. The molecule has 0 aliphatic carbocycles. The van der Waals surface area contributed by atoms with Gasteiger partial charge in [0.05, 0.1) is 0 Å². The first-order valence-electron chi connectivity index (χ1n) is 5.17. The number of hydrogen-bond acceptors (Lipinski definition) is 4. The van der Waals surface area contributed by atoms with E-state index in [9.17, 15) is 4.79 Å². The maximum atomic E-state index is 11.2. The van der Waals surface area contributed by atoms with Crippen LogP contribution in [-0.4, -0.2) is 9.97 Å². The number of anilines is 1. The first kappa shape index (κ1) is 12.3. The highest BCUT2D eigenvalue weighted by Crippen LogP contribution is 2.12. The van der Waals surface area contributed by atoms with Crippen molar-refractivity contribution < 1.29 is 0 Å². The van der Waals surface area contributed by atoms with Gasteiger partial charge in [0.1, 0.15) is 17.6 Å². The van der Waals surface area contributed by atoms with Crippen molar-refractivity contribution in [1.82, 2.24) is 9.97 Å². The maximum Gasteiger partial charge on any atom is 0.347 e. The highest BCUT2D eigenvalue weighted by atomic mass is 79.9. The molecule has 0 bridgehead atoms. The van der Waals surface area contributed by atoms with Crippen LogP contribution in [0.2, 0.25) is 0 Å². The first-order chi connectivity index (χ1) is 8.67. The second-order valence-electron chi connectivity index (χ2n) is 3.58. The van der Waals surface area contributed by atoms with Gasteiger partial charge in [0.15, 0.2) is 0 Å². The van der Waals surface area contributed by atoms with Gasteiger partial charge in [-0.3, -0.25) is 4.98 Å². The summed E-state index contributed by atoms with van der Waals surface area (Å²) in [5.74, 6) is 0.385. The fourth-order valence-electron chi connectivity index (χ4n) is 1.45.